The average Bonchev–Trinajstić information content (AvgIpc) is 2.39. The topological polar surface area (TPSA) is 9.23 Å². The van der Waals surface area contributed by atoms with E-state index in [-0.39, 0.29) is 6.10 Å². The highest BCUT2D eigenvalue weighted by molar-refractivity contribution is 6.30. The van der Waals surface area contributed by atoms with Crippen LogP contribution in [-0.2, 0) is 0 Å². The summed E-state index contributed by atoms with van der Waals surface area (Å²) in [5.41, 5.74) is 1.08. The Labute approximate surface area is 106 Å². The molecule has 2 aromatic carbocycles. The van der Waals surface area contributed by atoms with Crippen LogP contribution >= 0.6 is 11.6 Å². The molecule has 0 fully saturated rings. The molecule has 0 aliphatic rings. The highest BCUT2D eigenvalue weighted by Crippen LogP contribution is 2.23. The van der Waals surface area contributed by atoms with Crippen molar-refractivity contribution in [3.63, 3.8) is 0 Å². The van der Waals surface area contributed by atoms with Crippen molar-refractivity contribution in [2.75, 3.05) is 0 Å². The van der Waals surface area contributed by atoms with Gasteiger partial charge in [0.05, 0.1) is 0 Å². The standard InChI is InChI=1S/C15H13ClO/c1-2-15(12-6-4-3-5-7-12)17-14-10-8-13(16)9-11-14/h2-11,15H,1H2. The zero-order valence-electron chi connectivity index (χ0n) is 9.34. The molecule has 1 atom stereocenters. The fraction of sp³-hybridized carbons (Fsp3) is 0.0667. The molecule has 0 bridgehead atoms. The fourth-order valence-corrected chi connectivity index (χ4v) is 1.68. The van der Waals surface area contributed by atoms with Crippen molar-refractivity contribution in [1.29, 1.82) is 0 Å². The van der Waals surface area contributed by atoms with Gasteiger partial charge in [0.25, 0.3) is 0 Å². The second-order valence-corrected chi connectivity index (χ2v) is 4.08. The van der Waals surface area contributed by atoms with E-state index in [1.165, 1.54) is 0 Å². The number of ether oxygens (including phenoxy) is 1. The van der Waals surface area contributed by atoms with Crippen molar-refractivity contribution in [1.82, 2.24) is 0 Å². The van der Waals surface area contributed by atoms with Gasteiger partial charge in [-0.3, -0.25) is 0 Å². The fourth-order valence-electron chi connectivity index (χ4n) is 1.55. The molecule has 0 saturated heterocycles. The van der Waals surface area contributed by atoms with Crippen molar-refractivity contribution in [3.05, 3.63) is 77.8 Å². The molecule has 0 radical (unpaired) electrons. The first-order chi connectivity index (χ1) is 8.29. The van der Waals surface area contributed by atoms with Crippen LogP contribution in [0.1, 0.15) is 11.7 Å². The molecule has 0 heterocycles. The van der Waals surface area contributed by atoms with Crippen LogP contribution in [0.5, 0.6) is 5.75 Å². The van der Waals surface area contributed by atoms with E-state index in [1.54, 1.807) is 6.08 Å². The molecular formula is C15H13ClO. The van der Waals surface area contributed by atoms with Gasteiger partial charge in [0, 0.05) is 5.02 Å². The van der Waals surface area contributed by atoms with Gasteiger partial charge in [-0.15, -0.1) is 0 Å². The third kappa shape index (κ3) is 3.11. The molecule has 2 aromatic rings. The Kier molecular flexibility index (Phi) is 3.84. The molecule has 86 valence electrons. The monoisotopic (exact) mass is 244 g/mol. The number of rotatable bonds is 4. The van der Waals surface area contributed by atoms with Gasteiger partial charge in [0.15, 0.2) is 0 Å². The van der Waals surface area contributed by atoms with Crippen LogP contribution < -0.4 is 4.74 Å². The second kappa shape index (κ2) is 5.55. The summed E-state index contributed by atoms with van der Waals surface area (Å²) in [6.45, 7) is 3.80. The summed E-state index contributed by atoms with van der Waals surface area (Å²) in [6.07, 6.45) is 1.64. The van der Waals surface area contributed by atoms with Gasteiger partial charge in [-0.1, -0.05) is 48.5 Å². The summed E-state index contributed by atoms with van der Waals surface area (Å²) in [7, 11) is 0. The van der Waals surface area contributed by atoms with Crippen LogP contribution in [0.15, 0.2) is 67.3 Å². The molecule has 0 N–H and O–H groups in total. The van der Waals surface area contributed by atoms with Gasteiger partial charge >= 0.3 is 0 Å². The van der Waals surface area contributed by atoms with Crippen molar-refractivity contribution in [3.8, 4) is 5.75 Å². The zero-order valence-corrected chi connectivity index (χ0v) is 10.1. The smallest absolute Gasteiger partial charge is 0.142 e. The molecule has 0 spiro atoms. The quantitative estimate of drug-likeness (QED) is 0.712. The Morgan fingerprint density at radius 3 is 2.24 bits per heavy atom. The molecule has 0 aliphatic heterocycles. The lowest BCUT2D eigenvalue weighted by molar-refractivity contribution is 0.256. The highest BCUT2D eigenvalue weighted by atomic mass is 35.5. The first kappa shape index (κ1) is 11.7. The molecule has 0 aliphatic carbocycles. The number of benzene rings is 2. The molecule has 2 heteroatoms. The number of hydrogen-bond donors (Lipinski definition) is 0. The maximum absolute atomic E-state index is 5.83. The lowest BCUT2D eigenvalue weighted by Gasteiger charge is -2.15. The summed E-state index contributed by atoms with van der Waals surface area (Å²) in [4.78, 5) is 0. The summed E-state index contributed by atoms with van der Waals surface area (Å²) in [5.74, 6) is 0.781. The Morgan fingerprint density at radius 2 is 1.65 bits per heavy atom. The minimum absolute atomic E-state index is 0.141. The van der Waals surface area contributed by atoms with E-state index in [0.29, 0.717) is 5.02 Å². The van der Waals surface area contributed by atoms with Gasteiger partial charge in [0.1, 0.15) is 11.9 Å². The molecule has 0 amide bonds. The largest absolute Gasteiger partial charge is 0.482 e. The van der Waals surface area contributed by atoms with E-state index in [0.717, 1.165) is 11.3 Å². The van der Waals surface area contributed by atoms with E-state index in [1.807, 2.05) is 54.6 Å². The SMILES string of the molecule is C=CC(Oc1ccc(Cl)cc1)c1ccccc1. The summed E-state index contributed by atoms with van der Waals surface area (Å²) in [6, 6.07) is 17.3. The highest BCUT2D eigenvalue weighted by Gasteiger charge is 2.08. The zero-order chi connectivity index (χ0) is 12.1. The Morgan fingerprint density at radius 1 is 1.00 bits per heavy atom. The Bertz CT molecular complexity index is 476. The maximum atomic E-state index is 5.83. The van der Waals surface area contributed by atoms with Gasteiger partial charge in [-0.2, -0.15) is 0 Å². The molecule has 1 nitrogen and oxygen atoms in total. The molecule has 1 unspecified atom stereocenters. The average molecular weight is 245 g/mol. The van der Waals surface area contributed by atoms with Crippen molar-refractivity contribution >= 4 is 11.6 Å². The number of halogens is 1. The minimum atomic E-state index is -0.141. The van der Waals surface area contributed by atoms with Gasteiger partial charge in [0.2, 0.25) is 0 Å². The maximum Gasteiger partial charge on any atom is 0.142 e. The predicted molar refractivity (Wildman–Crippen MR) is 71.5 cm³/mol. The van der Waals surface area contributed by atoms with Gasteiger partial charge in [-0.25, -0.2) is 0 Å². The number of hydrogen-bond acceptors (Lipinski definition) is 1. The van der Waals surface area contributed by atoms with Crippen LogP contribution in [0.4, 0.5) is 0 Å². The van der Waals surface area contributed by atoms with Crippen LogP contribution in [-0.4, -0.2) is 0 Å². The van der Waals surface area contributed by atoms with E-state index >= 15 is 0 Å². The summed E-state index contributed by atoms with van der Waals surface area (Å²) < 4.78 is 5.83. The minimum Gasteiger partial charge on any atom is -0.482 e. The third-order valence-corrected chi connectivity index (χ3v) is 2.67. The van der Waals surface area contributed by atoms with E-state index in [4.69, 9.17) is 16.3 Å². The first-order valence-corrected chi connectivity index (χ1v) is 5.77. The van der Waals surface area contributed by atoms with Crippen molar-refractivity contribution < 1.29 is 4.74 Å². The summed E-state index contributed by atoms with van der Waals surface area (Å²) in [5, 5.41) is 0.701. The Hall–Kier alpha value is -1.73. The molecule has 0 saturated carbocycles. The van der Waals surface area contributed by atoms with Crippen LogP contribution in [0.25, 0.3) is 0 Å². The first-order valence-electron chi connectivity index (χ1n) is 5.39. The summed E-state index contributed by atoms with van der Waals surface area (Å²) >= 11 is 5.82. The molecule has 2 rings (SSSR count). The molecule has 0 aromatic heterocycles. The van der Waals surface area contributed by atoms with E-state index in [2.05, 4.69) is 6.58 Å². The lowest BCUT2D eigenvalue weighted by Crippen LogP contribution is -2.03. The van der Waals surface area contributed by atoms with E-state index < -0.39 is 0 Å². The second-order valence-electron chi connectivity index (χ2n) is 3.64. The van der Waals surface area contributed by atoms with Crippen molar-refractivity contribution in [2.24, 2.45) is 0 Å². The van der Waals surface area contributed by atoms with Gasteiger partial charge in [-0.05, 0) is 35.9 Å². The van der Waals surface area contributed by atoms with Crippen LogP contribution in [0.3, 0.4) is 0 Å². The van der Waals surface area contributed by atoms with Crippen LogP contribution in [0, 0.1) is 0 Å². The third-order valence-electron chi connectivity index (χ3n) is 2.42. The van der Waals surface area contributed by atoms with Crippen molar-refractivity contribution in [2.45, 2.75) is 6.10 Å². The molecule has 17 heavy (non-hydrogen) atoms. The lowest BCUT2D eigenvalue weighted by atomic mass is 10.1. The normalized spacial score (nSPS) is 11.8. The van der Waals surface area contributed by atoms with Gasteiger partial charge < -0.3 is 4.74 Å². The predicted octanol–water partition coefficient (Wildman–Crippen LogP) is 4.65. The van der Waals surface area contributed by atoms with Crippen LogP contribution in [0.2, 0.25) is 5.02 Å². The Balaban J connectivity index is 2.16. The molecular weight excluding hydrogens is 232 g/mol. The van der Waals surface area contributed by atoms with E-state index in [9.17, 15) is 0 Å².